The average molecular weight is 416 g/mol. The number of rotatable bonds is 4. The van der Waals surface area contributed by atoms with Crippen LogP contribution in [-0.2, 0) is 6.42 Å². The van der Waals surface area contributed by atoms with Gasteiger partial charge in [0, 0.05) is 17.7 Å². The summed E-state index contributed by atoms with van der Waals surface area (Å²) in [6.45, 7) is 0. The zero-order chi connectivity index (χ0) is 21.7. The molecule has 3 aromatic carbocycles. The molecule has 156 valence electrons. The maximum Gasteiger partial charge on any atom is 0.335 e. The van der Waals surface area contributed by atoms with Crippen molar-refractivity contribution in [3.8, 4) is 5.75 Å². The highest BCUT2D eigenvalue weighted by atomic mass is 16.6. The third-order valence-electron chi connectivity index (χ3n) is 6.41. The highest BCUT2D eigenvalue weighted by Crippen LogP contribution is 2.54. The fraction of sp³-hybridized carbons (Fsp3) is 0.208. The Hall–Kier alpha value is -3.87. The molecule has 7 nitrogen and oxygen atoms in total. The van der Waals surface area contributed by atoms with Gasteiger partial charge in [-0.15, -0.1) is 0 Å². The van der Waals surface area contributed by atoms with Gasteiger partial charge in [-0.1, -0.05) is 30.3 Å². The SMILES string of the molecule is COc1ccc([C@@H]2Nc3ccc(C(=O)O)cc3[C@H]3c4ccccc4C[C@@H]32)cc1[N+](=O)[O-]. The molecule has 3 atom stereocenters. The first-order valence-electron chi connectivity index (χ1n) is 10.0. The summed E-state index contributed by atoms with van der Waals surface area (Å²) in [6, 6.07) is 18.2. The van der Waals surface area contributed by atoms with Gasteiger partial charge >= 0.3 is 11.7 Å². The number of carbonyl (C=O) groups is 1. The van der Waals surface area contributed by atoms with E-state index in [4.69, 9.17) is 4.74 Å². The Morgan fingerprint density at radius 3 is 2.68 bits per heavy atom. The van der Waals surface area contributed by atoms with Gasteiger partial charge in [0.1, 0.15) is 0 Å². The van der Waals surface area contributed by atoms with Crippen LogP contribution in [0.5, 0.6) is 5.75 Å². The fourth-order valence-electron chi connectivity index (χ4n) is 5.07. The van der Waals surface area contributed by atoms with E-state index < -0.39 is 10.9 Å². The molecule has 0 radical (unpaired) electrons. The zero-order valence-corrected chi connectivity index (χ0v) is 16.7. The monoisotopic (exact) mass is 416 g/mol. The predicted molar refractivity (Wildman–Crippen MR) is 115 cm³/mol. The van der Waals surface area contributed by atoms with Crippen molar-refractivity contribution in [2.75, 3.05) is 12.4 Å². The molecule has 2 aliphatic rings. The molecule has 0 aromatic heterocycles. The molecular weight excluding hydrogens is 396 g/mol. The minimum atomic E-state index is -0.960. The van der Waals surface area contributed by atoms with Crippen LogP contribution in [0.3, 0.4) is 0 Å². The van der Waals surface area contributed by atoms with Crippen LogP contribution in [0.2, 0.25) is 0 Å². The van der Waals surface area contributed by atoms with Gasteiger partial charge < -0.3 is 15.2 Å². The van der Waals surface area contributed by atoms with Crippen LogP contribution in [0.4, 0.5) is 11.4 Å². The summed E-state index contributed by atoms with van der Waals surface area (Å²) >= 11 is 0. The fourth-order valence-corrected chi connectivity index (χ4v) is 5.07. The number of aromatic carboxylic acids is 1. The van der Waals surface area contributed by atoms with Crippen molar-refractivity contribution in [2.24, 2.45) is 5.92 Å². The van der Waals surface area contributed by atoms with Crippen molar-refractivity contribution in [3.63, 3.8) is 0 Å². The molecule has 0 saturated carbocycles. The second kappa shape index (κ2) is 7.12. The van der Waals surface area contributed by atoms with E-state index in [0.717, 1.165) is 23.2 Å². The number of carboxylic acid groups (broad SMARTS) is 1. The van der Waals surface area contributed by atoms with Gasteiger partial charge in [0.2, 0.25) is 0 Å². The Labute approximate surface area is 178 Å². The first-order chi connectivity index (χ1) is 15.0. The number of nitrogens with zero attached hydrogens (tertiary/aromatic N) is 1. The number of fused-ring (bicyclic) bond motifs is 5. The van der Waals surface area contributed by atoms with Gasteiger partial charge in [0.15, 0.2) is 5.75 Å². The van der Waals surface area contributed by atoms with Crippen molar-refractivity contribution in [1.82, 2.24) is 0 Å². The molecule has 1 heterocycles. The van der Waals surface area contributed by atoms with Crippen LogP contribution in [0.25, 0.3) is 0 Å². The lowest BCUT2D eigenvalue weighted by Gasteiger charge is -2.38. The van der Waals surface area contributed by atoms with E-state index in [1.807, 2.05) is 18.2 Å². The average Bonchev–Trinajstić information content (AvgIpc) is 3.17. The summed E-state index contributed by atoms with van der Waals surface area (Å²) in [7, 11) is 1.42. The number of nitrogens with one attached hydrogen (secondary N) is 1. The molecule has 0 bridgehead atoms. The van der Waals surface area contributed by atoms with E-state index in [1.54, 1.807) is 30.3 Å². The van der Waals surface area contributed by atoms with Crippen molar-refractivity contribution in [2.45, 2.75) is 18.4 Å². The lowest BCUT2D eigenvalue weighted by atomic mass is 9.75. The molecule has 0 saturated heterocycles. The predicted octanol–water partition coefficient (Wildman–Crippen LogP) is 4.77. The van der Waals surface area contributed by atoms with Gasteiger partial charge in [-0.05, 0) is 58.9 Å². The van der Waals surface area contributed by atoms with Crippen molar-refractivity contribution in [3.05, 3.63) is 98.6 Å². The van der Waals surface area contributed by atoms with E-state index in [1.165, 1.54) is 18.2 Å². The standard InChI is InChI=1S/C24H20N2O5/c1-31-21-9-7-14(12-20(21)26(29)30)23-18-10-13-4-2-3-5-16(13)22(18)17-11-15(24(27)28)6-8-19(17)25-23/h2-9,11-12,18,22-23,25H,10H2,1H3,(H,27,28)/t18-,22+,23-/m0/s1. The van der Waals surface area contributed by atoms with E-state index in [0.29, 0.717) is 0 Å². The topological polar surface area (TPSA) is 102 Å². The van der Waals surface area contributed by atoms with Gasteiger partial charge in [-0.3, -0.25) is 10.1 Å². The van der Waals surface area contributed by atoms with Crippen LogP contribution in [0.15, 0.2) is 60.7 Å². The number of methoxy groups -OCH3 is 1. The number of nitro benzene ring substituents is 1. The number of ether oxygens (including phenoxy) is 1. The summed E-state index contributed by atoms with van der Waals surface area (Å²) in [5, 5.41) is 24.6. The van der Waals surface area contributed by atoms with Gasteiger partial charge in [0.25, 0.3) is 0 Å². The Morgan fingerprint density at radius 1 is 1.13 bits per heavy atom. The number of hydrogen-bond acceptors (Lipinski definition) is 5. The van der Waals surface area contributed by atoms with E-state index >= 15 is 0 Å². The third kappa shape index (κ3) is 3.01. The molecule has 1 aliphatic heterocycles. The minimum Gasteiger partial charge on any atom is -0.490 e. The van der Waals surface area contributed by atoms with E-state index in [9.17, 15) is 20.0 Å². The molecule has 0 unspecified atom stereocenters. The van der Waals surface area contributed by atoms with E-state index in [2.05, 4.69) is 17.4 Å². The second-order valence-electron chi connectivity index (χ2n) is 7.96. The molecule has 1 aliphatic carbocycles. The molecule has 0 amide bonds. The zero-order valence-electron chi connectivity index (χ0n) is 16.7. The number of carboxylic acids is 1. The second-order valence-corrected chi connectivity index (χ2v) is 7.96. The van der Waals surface area contributed by atoms with Crippen LogP contribution in [0.1, 0.15) is 44.6 Å². The Balaban J connectivity index is 1.66. The van der Waals surface area contributed by atoms with E-state index in [-0.39, 0.29) is 34.9 Å². The summed E-state index contributed by atoms with van der Waals surface area (Å²) in [4.78, 5) is 22.7. The maximum absolute atomic E-state index is 11.6. The number of anilines is 1. The molecule has 2 N–H and O–H groups in total. The lowest BCUT2D eigenvalue weighted by molar-refractivity contribution is -0.385. The van der Waals surface area contributed by atoms with Gasteiger partial charge in [-0.25, -0.2) is 4.79 Å². The van der Waals surface area contributed by atoms with Gasteiger partial charge in [-0.2, -0.15) is 0 Å². The first kappa shape index (κ1) is 19.1. The smallest absolute Gasteiger partial charge is 0.335 e. The summed E-state index contributed by atoms with van der Waals surface area (Å²) in [5.74, 6) is -0.624. The highest BCUT2D eigenvalue weighted by Gasteiger charge is 2.43. The third-order valence-corrected chi connectivity index (χ3v) is 6.41. The Morgan fingerprint density at radius 2 is 1.94 bits per heavy atom. The van der Waals surface area contributed by atoms with Gasteiger partial charge in [0.05, 0.1) is 23.6 Å². The molecule has 7 heteroatoms. The minimum absolute atomic E-state index is 0.0120. The number of hydrogen-bond donors (Lipinski definition) is 2. The number of benzene rings is 3. The van der Waals surface area contributed by atoms with Crippen molar-refractivity contribution in [1.29, 1.82) is 0 Å². The Bertz CT molecular complexity index is 1220. The van der Waals surface area contributed by atoms with Crippen LogP contribution in [0, 0.1) is 16.0 Å². The quantitative estimate of drug-likeness (QED) is 0.469. The van der Waals surface area contributed by atoms with Crippen LogP contribution >= 0.6 is 0 Å². The van der Waals surface area contributed by atoms with Crippen LogP contribution in [-0.4, -0.2) is 23.1 Å². The van der Waals surface area contributed by atoms with Crippen LogP contribution < -0.4 is 10.1 Å². The highest BCUT2D eigenvalue weighted by molar-refractivity contribution is 5.89. The largest absolute Gasteiger partial charge is 0.490 e. The Kier molecular flexibility index (Phi) is 4.39. The summed E-state index contributed by atoms with van der Waals surface area (Å²) in [6.07, 6.45) is 0.801. The molecule has 0 spiro atoms. The van der Waals surface area contributed by atoms with Crippen molar-refractivity contribution < 1.29 is 19.6 Å². The van der Waals surface area contributed by atoms with Crippen molar-refractivity contribution >= 4 is 17.3 Å². The molecule has 3 aromatic rings. The normalized spacial score (nSPS) is 20.7. The number of nitro groups is 1. The summed E-state index contributed by atoms with van der Waals surface area (Å²) in [5.41, 5.74) is 5.21. The molecule has 31 heavy (non-hydrogen) atoms. The first-order valence-corrected chi connectivity index (χ1v) is 10.0. The molecular formula is C24H20N2O5. The lowest BCUT2D eigenvalue weighted by Crippen LogP contribution is -2.30. The maximum atomic E-state index is 11.6. The molecule has 0 fully saturated rings. The molecule has 5 rings (SSSR count). The summed E-state index contributed by atoms with van der Waals surface area (Å²) < 4.78 is 5.16.